The Hall–Kier alpha value is -2.21. The van der Waals surface area contributed by atoms with Crippen molar-refractivity contribution in [2.75, 3.05) is 11.4 Å². The maximum absolute atomic E-state index is 11.5. The van der Waals surface area contributed by atoms with Crippen LogP contribution in [0.2, 0.25) is 0 Å². The van der Waals surface area contributed by atoms with E-state index >= 15 is 0 Å². The lowest BCUT2D eigenvalue weighted by atomic mass is 10.2. The number of nitro groups is 1. The van der Waals surface area contributed by atoms with Gasteiger partial charge in [-0.05, 0) is 38.5 Å². The fraction of sp³-hybridized carbons (Fsp3) is 0.267. The molecule has 0 N–H and O–H groups in total. The highest BCUT2D eigenvalue weighted by atomic mass is 32.1. The number of ketones is 1. The molecule has 0 unspecified atom stereocenters. The second-order valence-corrected chi connectivity index (χ2v) is 5.73. The SMILES string of the molecule is CCN(c1cccc(C)c1)c1sc(C(C)=O)cc1[N+](=O)[O-]. The molecule has 0 amide bonds. The van der Waals surface area contributed by atoms with E-state index in [-0.39, 0.29) is 11.5 Å². The van der Waals surface area contributed by atoms with Crippen molar-refractivity contribution < 1.29 is 9.72 Å². The third-order valence-corrected chi connectivity index (χ3v) is 4.36. The molecule has 21 heavy (non-hydrogen) atoms. The highest BCUT2D eigenvalue weighted by molar-refractivity contribution is 7.18. The summed E-state index contributed by atoms with van der Waals surface area (Å²) in [7, 11) is 0. The Morgan fingerprint density at radius 3 is 2.62 bits per heavy atom. The van der Waals surface area contributed by atoms with E-state index in [1.54, 1.807) is 0 Å². The van der Waals surface area contributed by atoms with Crippen LogP contribution in [0, 0.1) is 17.0 Å². The normalized spacial score (nSPS) is 10.4. The van der Waals surface area contributed by atoms with E-state index in [2.05, 4.69) is 0 Å². The average molecular weight is 304 g/mol. The number of anilines is 2. The van der Waals surface area contributed by atoms with Gasteiger partial charge in [-0.25, -0.2) is 0 Å². The summed E-state index contributed by atoms with van der Waals surface area (Å²) in [6, 6.07) is 9.13. The van der Waals surface area contributed by atoms with Gasteiger partial charge in [-0.1, -0.05) is 12.1 Å². The molecule has 0 saturated heterocycles. The molecule has 0 radical (unpaired) electrons. The van der Waals surface area contributed by atoms with Gasteiger partial charge in [0.2, 0.25) is 0 Å². The summed E-state index contributed by atoms with van der Waals surface area (Å²) in [5.74, 6) is -0.158. The minimum atomic E-state index is -0.434. The second-order valence-electron chi connectivity index (χ2n) is 4.70. The van der Waals surface area contributed by atoms with Crippen molar-refractivity contribution >= 4 is 33.5 Å². The molecule has 0 aliphatic heterocycles. The van der Waals surface area contributed by atoms with Crippen molar-refractivity contribution in [3.63, 3.8) is 0 Å². The molecule has 1 aromatic heterocycles. The summed E-state index contributed by atoms with van der Waals surface area (Å²) in [6.07, 6.45) is 0. The molecule has 110 valence electrons. The van der Waals surface area contributed by atoms with Gasteiger partial charge >= 0.3 is 5.69 Å². The summed E-state index contributed by atoms with van der Waals surface area (Å²) in [6.45, 7) is 5.91. The number of hydrogen-bond donors (Lipinski definition) is 0. The molecule has 0 bridgehead atoms. The topological polar surface area (TPSA) is 63.5 Å². The number of nitrogens with zero attached hydrogens (tertiary/aromatic N) is 2. The lowest BCUT2D eigenvalue weighted by molar-refractivity contribution is -0.383. The molecular formula is C15H16N2O3S. The number of aryl methyl sites for hydroxylation is 1. The van der Waals surface area contributed by atoms with Gasteiger partial charge in [0.1, 0.15) is 0 Å². The Morgan fingerprint density at radius 2 is 2.10 bits per heavy atom. The Bertz CT molecular complexity index is 694. The van der Waals surface area contributed by atoms with Gasteiger partial charge in [0.05, 0.1) is 9.80 Å². The second kappa shape index (κ2) is 6.05. The van der Waals surface area contributed by atoms with E-state index in [0.717, 1.165) is 22.6 Å². The fourth-order valence-electron chi connectivity index (χ4n) is 2.11. The molecule has 0 aliphatic carbocycles. The highest BCUT2D eigenvalue weighted by Gasteiger charge is 2.25. The lowest BCUT2D eigenvalue weighted by Gasteiger charge is -2.21. The van der Waals surface area contributed by atoms with Crippen LogP contribution in [-0.2, 0) is 0 Å². The molecule has 2 aromatic rings. The first-order valence-corrected chi connectivity index (χ1v) is 7.39. The highest BCUT2D eigenvalue weighted by Crippen LogP contribution is 2.41. The molecule has 0 atom stereocenters. The predicted molar refractivity (Wildman–Crippen MR) is 84.8 cm³/mol. The van der Waals surface area contributed by atoms with Gasteiger partial charge in [-0.2, -0.15) is 0 Å². The molecular weight excluding hydrogens is 288 g/mol. The zero-order valence-corrected chi connectivity index (χ0v) is 12.9. The molecule has 0 saturated carbocycles. The quantitative estimate of drug-likeness (QED) is 0.468. The third-order valence-electron chi connectivity index (χ3n) is 3.11. The number of hydrogen-bond acceptors (Lipinski definition) is 5. The first-order valence-electron chi connectivity index (χ1n) is 6.57. The number of thiophene rings is 1. The first kappa shape index (κ1) is 15.2. The molecule has 1 aromatic carbocycles. The number of carbonyl (C=O) groups is 1. The molecule has 0 spiro atoms. The zero-order chi connectivity index (χ0) is 15.6. The number of rotatable bonds is 5. The molecule has 0 fully saturated rings. The molecule has 1 heterocycles. The Balaban J connectivity index is 2.56. The van der Waals surface area contributed by atoms with Crippen LogP contribution >= 0.6 is 11.3 Å². The summed E-state index contributed by atoms with van der Waals surface area (Å²) in [5, 5.41) is 11.7. The standard InChI is InChI=1S/C15H16N2O3S/c1-4-16(12-7-5-6-10(2)8-12)15-13(17(19)20)9-14(21-15)11(3)18/h5-9H,4H2,1-3H3. The Labute approximate surface area is 127 Å². The molecule has 0 aliphatic rings. The van der Waals surface area contributed by atoms with Crippen LogP contribution < -0.4 is 4.90 Å². The van der Waals surface area contributed by atoms with Crippen LogP contribution in [0.25, 0.3) is 0 Å². The van der Waals surface area contributed by atoms with Crippen molar-refractivity contribution in [3.8, 4) is 0 Å². The van der Waals surface area contributed by atoms with Gasteiger partial charge in [-0.3, -0.25) is 14.9 Å². The molecule has 6 heteroatoms. The van der Waals surface area contributed by atoms with E-state index in [0.29, 0.717) is 16.4 Å². The van der Waals surface area contributed by atoms with Crippen molar-refractivity contribution in [2.24, 2.45) is 0 Å². The monoisotopic (exact) mass is 304 g/mol. The van der Waals surface area contributed by atoms with Gasteiger partial charge in [0.25, 0.3) is 0 Å². The van der Waals surface area contributed by atoms with E-state index in [1.165, 1.54) is 13.0 Å². The maximum Gasteiger partial charge on any atom is 0.304 e. The van der Waals surface area contributed by atoms with E-state index in [4.69, 9.17) is 0 Å². The van der Waals surface area contributed by atoms with Gasteiger partial charge < -0.3 is 4.90 Å². The summed E-state index contributed by atoms with van der Waals surface area (Å²) in [4.78, 5) is 24.6. The average Bonchev–Trinajstić information content (AvgIpc) is 2.85. The molecule has 5 nitrogen and oxygen atoms in total. The predicted octanol–water partition coefficient (Wildman–Crippen LogP) is 4.33. The largest absolute Gasteiger partial charge is 0.328 e. The minimum Gasteiger partial charge on any atom is -0.328 e. The molecule has 2 rings (SSSR count). The van der Waals surface area contributed by atoms with Crippen LogP contribution in [0.4, 0.5) is 16.4 Å². The summed E-state index contributed by atoms with van der Waals surface area (Å²) >= 11 is 1.16. The van der Waals surface area contributed by atoms with E-state index in [9.17, 15) is 14.9 Å². The summed E-state index contributed by atoms with van der Waals surface area (Å²) in [5.41, 5.74) is 1.95. The fourth-order valence-corrected chi connectivity index (χ4v) is 3.21. The van der Waals surface area contributed by atoms with Crippen LogP contribution in [0.15, 0.2) is 30.3 Å². The Kier molecular flexibility index (Phi) is 4.37. The van der Waals surface area contributed by atoms with Crippen LogP contribution in [-0.4, -0.2) is 17.3 Å². The zero-order valence-electron chi connectivity index (χ0n) is 12.1. The van der Waals surface area contributed by atoms with Gasteiger partial charge in [0.15, 0.2) is 10.8 Å². The van der Waals surface area contributed by atoms with Crippen molar-refractivity contribution in [3.05, 3.63) is 50.9 Å². The number of benzene rings is 1. The van der Waals surface area contributed by atoms with Crippen LogP contribution in [0.1, 0.15) is 29.1 Å². The number of carbonyl (C=O) groups excluding carboxylic acids is 1. The van der Waals surface area contributed by atoms with Crippen molar-refractivity contribution in [1.29, 1.82) is 0 Å². The van der Waals surface area contributed by atoms with E-state index in [1.807, 2.05) is 43.0 Å². The minimum absolute atomic E-state index is 0.0199. The third kappa shape index (κ3) is 3.11. The maximum atomic E-state index is 11.5. The first-order chi connectivity index (χ1) is 9.93. The Morgan fingerprint density at radius 1 is 1.38 bits per heavy atom. The summed E-state index contributed by atoms with van der Waals surface area (Å²) < 4.78 is 0. The van der Waals surface area contributed by atoms with Crippen molar-refractivity contribution in [1.82, 2.24) is 0 Å². The van der Waals surface area contributed by atoms with Gasteiger partial charge in [0, 0.05) is 18.3 Å². The van der Waals surface area contributed by atoms with Crippen LogP contribution in [0.3, 0.4) is 0 Å². The van der Waals surface area contributed by atoms with Crippen molar-refractivity contribution in [2.45, 2.75) is 20.8 Å². The smallest absolute Gasteiger partial charge is 0.304 e. The van der Waals surface area contributed by atoms with Gasteiger partial charge in [-0.15, -0.1) is 11.3 Å². The van der Waals surface area contributed by atoms with E-state index < -0.39 is 4.92 Å². The lowest BCUT2D eigenvalue weighted by Crippen LogP contribution is -2.15. The number of Topliss-reactive ketones (excluding diaryl/α,β-unsaturated/α-hetero) is 1. The van der Waals surface area contributed by atoms with Crippen LogP contribution in [0.5, 0.6) is 0 Å².